The Balaban J connectivity index is 1.30. The van der Waals surface area contributed by atoms with Crippen molar-refractivity contribution in [1.82, 2.24) is 15.6 Å². The van der Waals surface area contributed by atoms with E-state index in [1.54, 1.807) is 7.11 Å². The van der Waals surface area contributed by atoms with Crippen molar-refractivity contribution in [2.75, 3.05) is 31.7 Å². The highest BCUT2D eigenvalue weighted by molar-refractivity contribution is 7.99. The van der Waals surface area contributed by atoms with Gasteiger partial charge >= 0.3 is 4.87 Å². The van der Waals surface area contributed by atoms with Crippen LogP contribution in [0.3, 0.4) is 0 Å². The number of thiazole rings is 1. The summed E-state index contributed by atoms with van der Waals surface area (Å²) in [6, 6.07) is 13.8. The van der Waals surface area contributed by atoms with Gasteiger partial charge in [-0.15, -0.1) is 0 Å². The zero-order valence-corrected chi connectivity index (χ0v) is 19.6. The zero-order valence-electron chi connectivity index (χ0n) is 17.9. The van der Waals surface area contributed by atoms with Gasteiger partial charge in [0, 0.05) is 25.3 Å². The van der Waals surface area contributed by atoms with Crippen LogP contribution in [0.2, 0.25) is 0 Å². The third-order valence-corrected chi connectivity index (χ3v) is 6.76. The summed E-state index contributed by atoms with van der Waals surface area (Å²) in [6.45, 7) is 1.09. The quantitative estimate of drug-likeness (QED) is 0.351. The van der Waals surface area contributed by atoms with Gasteiger partial charge in [0.2, 0.25) is 11.8 Å². The second-order valence-electron chi connectivity index (χ2n) is 7.13. The van der Waals surface area contributed by atoms with E-state index in [1.165, 1.54) is 17.3 Å². The molecule has 0 aliphatic carbocycles. The van der Waals surface area contributed by atoms with Gasteiger partial charge in [0.25, 0.3) is 0 Å². The van der Waals surface area contributed by atoms with Crippen LogP contribution in [0.25, 0.3) is 10.2 Å². The van der Waals surface area contributed by atoms with Gasteiger partial charge in [-0.1, -0.05) is 47.7 Å². The number of nitrogens with one attached hydrogen (secondary N) is 3. The molecule has 0 saturated carbocycles. The number of hydrogen-bond donors (Lipinski definition) is 3. The van der Waals surface area contributed by atoms with Crippen molar-refractivity contribution in [1.29, 1.82) is 0 Å². The van der Waals surface area contributed by atoms with E-state index in [9.17, 15) is 14.4 Å². The number of amides is 2. The number of thioether (sulfide) groups is 1. The third-order valence-electron chi connectivity index (χ3n) is 4.84. The number of rotatable bonds is 12. The minimum atomic E-state index is -0.129. The van der Waals surface area contributed by atoms with Crippen LogP contribution in [0.4, 0.5) is 0 Å². The maximum Gasteiger partial charge on any atom is 0.305 e. The summed E-state index contributed by atoms with van der Waals surface area (Å²) in [4.78, 5) is 38.4. The molecule has 2 amide bonds. The highest BCUT2D eigenvalue weighted by atomic mass is 32.2. The van der Waals surface area contributed by atoms with Crippen molar-refractivity contribution in [3.8, 4) is 5.75 Å². The molecule has 0 saturated heterocycles. The molecular formula is C23H27N3O4S2. The molecule has 3 aromatic rings. The van der Waals surface area contributed by atoms with Crippen LogP contribution >= 0.6 is 23.1 Å². The SMILES string of the molecule is COc1ccc(CCNC(=O)CCSCC(=O)NCCc2ccccc2)c2sc(=O)[nH]c12. The van der Waals surface area contributed by atoms with Crippen LogP contribution in [-0.4, -0.2) is 48.5 Å². The maximum absolute atomic E-state index is 12.1. The van der Waals surface area contributed by atoms with Gasteiger partial charge < -0.3 is 20.4 Å². The number of ether oxygens (including phenoxy) is 1. The minimum Gasteiger partial charge on any atom is -0.495 e. The standard InChI is InChI=1S/C23H27N3O4S2/c1-30-18-8-7-17(22-21(18)26-23(29)32-22)10-13-24-19(27)11-14-31-15-20(28)25-12-9-16-5-3-2-4-6-16/h2-8H,9-15H2,1H3,(H,24,27)(H,25,28)(H,26,29). The molecule has 3 N–H and O–H groups in total. The lowest BCUT2D eigenvalue weighted by Gasteiger charge is -2.08. The Labute approximate surface area is 195 Å². The first kappa shape index (κ1) is 23.9. The highest BCUT2D eigenvalue weighted by Gasteiger charge is 2.11. The normalized spacial score (nSPS) is 10.8. The highest BCUT2D eigenvalue weighted by Crippen LogP contribution is 2.28. The number of carbonyl (C=O) groups excluding carboxylic acids is 2. The van der Waals surface area contributed by atoms with Gasteiger partial charge in [-0.3, -0.25) is 14.4 Å². The van der Waals surface area contributed by atoms with E-state index in [2.05, 4.69) is 15.6 Å². The van der Waals surface area contributed by atoms with Crippen LogP contribution < -0.4 is 20.2 Å². The molecule has 0 aliphatic heterocycles. The van der Waals surface area contributed by atoms with E-state index in [-0.39, 0.29) is 16.7 Å². The molecule has 0 radical (unpaired) electrons. The molecule has 7 nitrogen and oxygen atoms in total. The van der Waals surface area contributed by atoms with Crippen LogP contribution in [0, 0.1) is 0 Å². The molecule has 32 heavy (non-hydrogen) atoms. The molecule has 0 aliphatic rings. The predicted molar refractivity (Wildman–Crippen MR) is 131 cm³/mol. The fraction of sp³-hybridized carbons (Fsp3) is 0.348. The summed E-state index contributed by atoms with van der Waals surface area (Å²) in [5.74, 6) is 1.50. The first-order valence-electron chi connectivity index (χ1n) is 10.4. The molecule has 2 aromatic carbocycles. The number of hydrogen-bond acceptors (Lipinski definition) is 6. The number of aromatic amines is 1. The molecule has 9 heteroatoms. The second kappa shape index (κ2) is 12.3. The molecule has 1 aromatic heterocycles. The lowest BCUT2D eigenvalue weighted by molar-refractivity contribution is -0.121. The summed E-state index contributed by atoms with van der Waals surface area (Å²) in [6.07, 6.45) is 1.79. The topological polar surface area (TPSA) is 100 Å². The van der Waals surface area contributed by atoms with E-state index in [1.807, 2.05) is 42.5 Å². The fourth-order valence-electron chi connectivity index (χ4n) is 3.23. The van der Waals surface area contributed by atoms with E-state index >= 15 is 0 Å². The summed E-state index contributed by atoms with van der Waals surface area (Å²) < 4.78 is 6.15. The maximum atomic E-state index is 12.1. The number of aromatic nitrogens is 1. The zero-order chi connectivity index (χ0) is 22.8. The first-order valence-corrected chi connectivity index (χ1v) is 12.4. The third kappa shape index (κ3) is 7.13. The van der Waals surface area contributed by atoms with Crippen molar-refractivity contribution >= 4 is 45.1 Å². The molecule has 170 valence electrons. The summed E-state index contributed by atoms with van der Waals surface area (Å²) >= 11 is 2.60. The van der Waals surface area contributed by atoms with Gasteiger partial charge in [0.05, 0.1) is 17.6 Å². The molecule has 0 unspecified atom stereocenters. The van der Waals surface area contributed by atoms with E-state index in [0.717, 1.165) is 28.0 Å². The smallest absolute Gasteiger partial charge is 0.305 e. The lowest BCUT2D eigenvalue weighted by Crippen LogP contribution is -2.28. The number of fused-ring (bicyclic) bond motifs is 1. The van der Waals surface area contributed by atoms with Gasteiger partial charge in [0.1, 0.15) is 11.3 Å². The van der Waals surface area contributed by atoms with Gasteiger partial charge in [-0.2, -0.15) is 11.8 Å². The molecule has 1 heterocycles. The van der Waals surface area contributed by atoms with Crippen molar-refractivity contribution in [2.24, 2.45) is 0 Å². The molecule has 0 spiro atoms. The van der Waals surface area contributed by atoms with Crippen LogP contribution in [0.1, 0.15) is 17.5 Å². The Hall–Kier alpha value is -2.78. The average Bonchev–Trinajstić information content (AvgIpc) is 3.19. The average molecular weight is 474 g/mol. The number of benzene rings is 2. The van der Waals surface area contributed by atoms with Gasteiger partial charge in [0.15, 0.2) is 0 Å². The monoisotopic (exact) mass is 473 g/mol. The number of H-pyrrole nitrogens is 1. The summed E-state index contributed by atoms with van der Waals surface area (Å²) in [7, 11) is 1.57. The van der Waals surface area contributed by atoms with Crippen molar-refractivity contribution in [2.45, 2.75) is 19.3 Å². The van der Waals surface area contributed by atoms with Crippen LogP contribution in [0.5, 0.6) is 5.75 Å². The minimum absolute atomic E-state index is 0.0136. The van der Waals surface area contributed by atoms with Crippen molar-refractivity contribution in [3.05, 3.63) is 63.3 Å². The first-order chi connectivity index (χ1) is 15.6. The number of carbonyl (C=O) groups is 2. The van der Waals surface area contributed by atoms with Crippen LogP contribution in [-0.2, 0) is 22.4 Å². The second-order valence-corrected chi connectivity index (χ2v) is 9.22. The van der Waals surface area contributed by atoms with E-state index in [0.29, 0.717) is 48.7 Å². The Kier molecular flexibility index (Phi) is 9.18. The molecule has 3 rings (SSSR count). The summed E-state index contributed by atoms with van der Waals surface area (Å²) in [5.41, 5.74) is 2.88. The van der Waals surface area contributed by atoms with E-state index in [4.69, 9.17) is 4.74 Å². The van der Waals surface area contributed by atoms with E-state index < -0.39 is 0 Å². The molecule has 0 atom stereocenters. The van der Waals surface area contributed by atoms with Gasteiger partial charge in [-0.05, 0) is 30.0 Å². The molecular weight excluding hydrogens is 446 g/mol. The van der Waals surface area contributed by atoms with Crippen molar-refractivity contribution < 1.29 is 14.3 Å². The largest absolute Gasteiger partial charge is 0.495 e. The summed E-state index contributed by atoms with van der Waals surface area (Å²) in [5, 5.41) is 5.81. The number of methoxy groups -OCH3 is 1. The Morgan fingerprint density at radius 1 is 1.03 bits per heavy atom. The van der Waals surface area contributed by atoms with Crippen molar-refractivity contribution in [3.63, 3.8) is 0 Å². The Morgan fingerprint density at radius 2 is 1.78 bits per heavy atom. The van der Waals surface area contributed by atoms with Gasteiger partial charge in [-0.25, -0.2) is 0 Å². The Morgan fingerprint density at radius 3 is 2.56 bits per heavy atom. The lowest BCUT2D eigenvalue weighted by atomic mass is 10.1. The predicted octanol–water partition coefficient (Wildman–Crippen LogP) is 2.74. The fourth-order valence-corrected chi connectivity index (χ4v) is 4.88. The molecule has 0 fully saturated rings. The van der Waals surface area contributed by atoms with Crippen LogP contribution in [0.15, 0.2) is 47.3 Å². The Bertz CT molecular complexity index is 1100. The molecule has 0 bridgehead atoms.